The SMILES string of the molecule is C[O][V]=[O]. The van der Waals surface area contributed by atoms with Crippen LogP contribution in [-0.4, -0.2) is 7.11 Å². The van der Waals surface area contributed by atoms with Gasteiger partial charge in [0.05, 0.1) is 0 Å². The summed E-state index contributed by atoms with van der Waals surface area (Å²) in [5.74, 6) is 0. The third-order valence-corrected chi connectivity index (χ3v) is 0.307. The van der Waals surface area contributed by atoms with E-state index in [1.54, 1.807) is 0 Å². The molecule has 0 radical (unpaired) electrons. The Morgan fingerprint density at radius 3 is 2.25 bits per heavy atom. The minimum atomic E-state index is -1.03. The molecule has 0 rings (SSSR count). The predicted octanol–water partition coefficient (Wildman–Crippen LogP) is -0.0242. The zero-order valence-electron chi connectivity index (χ0n) is 2.26. The average molecular weight is 98.0 g/mol. The molecular formula is CH3O2V. The van der Waals surface area contributed by atoms with Gasteiger partial charge in [0.1, 0.15) is 0 Å². The number of hydrogen-bond donors (Lipinski definition) is 0. The van der Waals surface area contributed by atoms with Gasteiger partial charge in [-0.2, -0.15) is 0 Å². The Kier molecular flexibility index (Phi) is 3.63. The van der Waals surface area contributed by atoms with Gasteiger partial charge in [0.25, 0.3) is 0 Å². The Labute approximate surface area is 31.8 Å². The molecule has 0 aliphatic heterocycles. The number of hydrogen-bond acceptors (Lipinski definition) is 2. The fourth-order valence-electron chi connectivity index (χ4n) is 0. The molecule has 0 fully saturated rings. The number of rotatable bonds is 1. The van der Waals surface area contributed by atoms with E-state index in [4.69, 9.17) is 0 Å². The maximum atomic E-state index is 9.17. The van der Waals surface area contributed by atoms with Crippen LogP contribution in [0.5, 0.6) is 0 Å². The standard InChI is InChI=1S/CH3O.O.V/c1-2;;/h1H3;;/q-1;;+1. The van der Waals surface area contributed by atoms with Crippen LogP contribution < -0.4 is 0 Å². The van der Waals surface area contributed by atoms with Crippen molar-refractivity contribution in [3.63, 3.8) is 0 Å². The third kappa shape index (κ3) is 2.34. The Morgan fingerprint density at radius 1 is 2.00 bits per heavy atom. The Balaban J connectivity index is 2.30. The maximum absolute atomic E-state index is 9.17. The van der Waals surface area contributed by atoms with Gasteiger partial charge in [0.2, 0.25) is 0 Å². The van der Waals surface area contributed by atoms with Crippen LogP contribution in [0.2, 0.25) is 0 Å². The topological polar surface area (TPSA) is 26.3 Å². The summed E-state index contributed by atoms with van der Waals surface area (Å²) in [7, 11) is 1.41. The van der Waals surface area contributed by atoms with Gasteiger partial charge in [0, 0.05) is 0 Å². The molecule has 0 saturated carbocycles. The molecule has 0 aliphatic carbocycles. The molecule has 3 heteroatoms. The van der Waals surface area contributed by atoms with Gasteiger partial charge in [0.15, 0.2) is 0 Å². The van der Waals surface area contributed by atoms with Crippen molar-refractivity contribution in [1.29, 1.82) is 0 Å². The van der Waals surface area contributed by atoms with Crippen molar-refractivity contribution in [2.75, 3.05) is 7.11 Å². The molecule has 0 aromatic carbocycles. The van der Waals surface area contributed by atoms with Crippen LogP contribution in [-0.2, 0) is 23.9 Å². The normalized spacial score (nSPS) is 6.25. The quantitative estimate of drug-likeness (QED) is 0.460. The Bertz CT molecular complexity index is 20.0. The molecule has 0 bridgehead atoms. The first-order valence-electron chi connectivity index (χ1n) is 0.773. The molecule has 0 N–H and O–H groups in total. The van der Waals surface area contributed by atoms with E-state index in [1.807, 2.05) is 0 Å². The average Bonchev–Trinajstić information content (AvgIpc) is 1.37. The molecule has 0 saturated heterocycles. The first-order chi connectivity index (χ1) is 1.91. The van der Waals surface area contributed by atoms with E-state index in [1.165, 1.54) is 7.11 Å². The van der Waals surface area contributed by atoms with Gasteiger partial charge < -0.3 is 0 Å². The molecule has 0 aromatic heterocycles. The van der Waals surface area contributed by atoms with Crippen molar-refractivity contribution in [1.82, 2.24) is 0 Å². The summed E-state index contributed by atoms with van der Waals surface area (Å²) in [4.78, 5) is 0. The zero-order valence-corrected chi connectivity index (χ0v) is 3.66. The van der Waals surface area contributed by atoms with Crippen LogP contribution in [0.25, 0.3) is 0 Å². The van der Waals surface area contributed by atoms with E-state index in [9.17, 15) is 3.67 Å². The molecule has 0 atom stereocenters. The molecule has 4 heavy (non-hydrogen) atoms. The van der Waals surface area contributed by atoms with E-state index < -0.39 is 16.6 Å². The van der Waals surface area contributed by atoms with Crippen molar-refractivity contribution in [3.8, 4) is 0 Å². The first-order valence-corrected chi connectivity index (χ1v) is 1.91. The summed E-state index contributed by atoms with van der Waals surface area (Å²) in [6.07, 6.45) is 0. The fourth-order valence-corrected chi connectivity index (χ4v) is 0. The van der Waals surface area contributed by atoms with Crippen molar-refractivity contribution in [2.45, 2.75) is 0 Å². The van der Waals surface area contributed by atoms with Gasteiger partial charge in [-0.05, 0) is 0 Å². The molecule has 24 valence electrons. The molecular weight excluding hydrogens is 95.0 g/mol. The van der Waals surface area contributed by atoms with Crippen molar-refractivity contribution >= 4 is 0 Å². The summed E-state index contributed by atoms with van der Waals surface area (Å²) in [5, 5.41) is 0. The Hall–Kier alpha value is 0.344. The summed E-state index contributed by atoms with van der Waals surface area (Å²) >= 11 is -1.03. The molecule has 0 aliphatic rings. The van der Waals surface area contributed by atoms with Crippen LogP contribution in [0.3, 0.4) is 0 Å². The van der Waals surface area contributed by atoms with Gasteiger partial charge >= 0.3 is 31.0 Å². The fraction of sp³-hybridized carbons (Fsp3) is 1.00. The van der Waals surface area contributed by atoms with Gasteiger partial charge in [-0.3, -0.25) is 0 Å². The van der Waals surface area contributed by atoms with Crippen LogP contribution in [0.1, 0.15) is 0 Å². The van der Waals surface area contributed by atoms with Gasteiger partial charge in [-0.1, -0.05) is 0 Å². The van der Waals surface area contributed by atoms with Gasteiger partial charge in [-0.15, -0.1) is 0 Å². The second-order valence-electron chi connectivity index (χ2n) is 0.257. The minimum absolute atomic E-state index is 1.03. The van der Waals surface area contributed by atoms with Crippen molar-refractivity contribution < 1.29 is 23.9 Å². The summed E-state index contributed by atoms with van der Waals surface area (Å²) in [6.45, 7) is 0. The summed E-state index contributed by atoms with van der Waals surface area (Å²) in [6, 6.07) is 0. The Morgan fingerprint density at radius 2 is 2.25 bits per heavy atom. The molecule has 0 heterocycles. The van der Waals surface area contributed by atoms with Crippen molar-refractivity contribution in [2.24, 2.45) is 0 Å². The van der Waals surface area contributed by atoms with Crippen LogP contribution in [0.4, 0.5) is 0 Å². The monoisotopic (exact) mass is 98.0 g/mol. The molecule has 0 amide bonds. The zero-order chi connectivity index (χ0) is 3.41. The molecule has 0 spiro atoms. The van der Waals surface area contributed by atoms with E-state index in [2.05, 4.69) is 3.66 Å². The predicted molar refractivity (Wildman–Crippen MR) is 7.70 cm³/mol. The molecule has 0 unspecified atom stereocenters. The van der Waals surface area contributed by atoms with E-state index in [-0.39, 0.29) is 0 Å². The van der Waals surface area contributed by atoms with E-state index in [0.29, 0.717) is 0 Å². The second kappa shape index (κ2) is 3.34. The first kappa shape index (κ1) is 4.34. The van der Waals surface area contributed by atoms with Crippen LogP contribution in [0, 0.1) is 0 Å². The summed E-state index contributed by atoms with van der Waals surface area (Å²) in [5.41, 5.74) is 0. The van der Waals surface area contributed by atoms with Crippen LogP contribution in [0.15, 0.2) is 0 Å². The van der Waals surface area contributed by atoms with Crippen molar-refractivity contribution in [3.05, 3.63) is 0 Å². The third-order valence-electron chi connectivity index (χ3n) is 0.0745. The molecule has 2 nitrogen and oxygen atoms in total. The summed E-state index contributed by atoms with van der Waals surface area (Å²) < 4.78 is 13.2. The second-order valence-corrected chi connectivity index (χ2v) is 1.06. The van der Waals surface area contributed by atoms with E-state index >= 15 is 0 Å². The van der Waals surface area contributed by atoms with Crippen LogP contribution >= 0.6 is 0 Å². The van der Waals surface area contributed by atoms with E-state index in [0.717, 1.165) is 0 Å². The van der Waals surface area contributed by atoms with Gasteiger partial charge in [-0.25, -0.2) is 0 Å². The molecule has 0 aromatic rings.